The number of aryl methyl sites for hydroxylation is 1. The number of hydrogen-bond acceptors (Lipinski definition) is 1. The number of carbonyl (C=O) groups is 1. The Morgan fingerprint density at radius 3 is 2.57 bits per heavy atom. The van der Waals surface area contributed by atoms with E-state index in [1.165, 1.54) is 0 Å². The van der Waals surface area contributed by atoms with E-state index in [1.807, 2.05) is 39.0 Å². The van der Waals surface area contributed by atoms with Gasteiger partial charge in [-0.1, -0.05) is 37.6 Å². The Morgan fingerprint density at radius 1 is 1.43 bits per heavy atom. The smallest absolute Gasteiger partial charge is 0.139 e. The fraction of sp³-hybridized carbons (Fsp3) is 0.417. The first-order chi connectivity index (χ1) is 6.50. The van der Waals surface area contributed by atoms with Crippen molar-refractivity contribution in [2.24, 2.45) is 5.92 Å². The molecule has 0 aliphatic heterocycles. The van der Waals surface area contributed by atoms with Crippen LogP contribution in [0.5, 0.6) is 0 Å². The van der Waals surface area contributed by atoms with Gasteiger partial charge in [0.25, 0.3) is 0 Å². The highest BCUT2D eigenvalue weighted by Gasteiger charge is 2.10. The Kier molecular flexibility index (Phi) is 3.70. The molecule has 76 valence electrons. The zero-order valence-electron chi connectivity index (χ0n) is 8.80. The molecule has 0 spiro atoms. The molecule has 1 aromatic rings. The topological polar surface area (TPSA) is 17.1 Å². The largest absolute Gasteiger partial charge is 0.299 e. The summed E-state index contributed by atoms with van der Waals surface area (Å²) in [6, 6.07) is 5.80. The van der Waals surface area contributed by atoms with Gasteiger partial charge in [-0.05, 0) is 24.1 Å². The van der Waals surface area contributed by atoms with Crippen molar-refractivity contribution in [3.63, 3.8) is 0 Å². The average molecular weight is 211 g/mol. The number of Topliss-reactive ketones (excluding diaryl/α,β-unsaturated/α-hetero) is 1. The second-order valence-electron chi connectivity index (χ2n) is 3.89. The van der Waals surface area contributed by atoms with Crippen LogP contribution in [0.25, 0.3) is 0 Å². The van der Waals surface area contributed by atoms with Crippen LogP contribution in [0, 0.1) is 12.8 Å². The molecule has 0 atom stereocenters. The molecule has 0 aromatic heterocycles. The van der Waals surface area contributed by atoms with Crippen molar-refractivity contribution in [2.75, 3.05) is 0 Å². The van der Waals surface area contributed by atoms with Crippen molar-refractivity contribution in [2.45, 2.75) is 27.2 Å². The predicted octanol–water partition coefficient (Wildman–Crippen LogP) is 3.42. The molecular weight excluding hydrogens is 196 g/mol. The first-order valence-corrected chi connectivity index (χ1v) is 5.16. The van der Waals surface area contributed by atoms with Gasteiger partial charge in [0.05, 0.1) is 0 Å². The van der Waals surface area contributed by atoms with Gasteiger partial charge in [-0.15, -0.1) is 0 Å². The summed E-state index contributed by atoms with van der Waals surface area (Å²) >= 11 is 6.03. The Labute approximate surface area is 90.1 Å². The summed E-state index contributed by atoms with van der Waals surface area (Å²) < 4.78 is 0. The van der Waals surface area contributed by atoms with E-state index >= 15 is 0 Å². The third kappa shape index (κ3) is 2.85. The summed E-state index contributed by atoms with van der Waals surface area (Å²) in [7, 11) is 0. The van der Waals surface area contributed by atoms with Gasteiger partial charge in [-0.3, -0.25) is 4.79 Å². The van der Waals surface area contributed by atoms with E-state index in [-0.39, 0.29) is 11.7 Å². The van der Waals surface area contributed by atoms with Crippen LogP contribution in [0.1, 0.15) is 25.0 Å². The molecular formula is C12H15ClO. The molecule has 1 rings (SSSR count). The minimum atomic E-state index is 0.0763. The Bertz CT molecular complexity index is 342. The van der Waals surface area contributed by atoms with Crippen LogP contribution < -0.4 is 0 Å². The van der Waals surface area contributed by atoms with Gasteiger partial charge in [-0.25, -0.2) is 0 Å². The van der Waals surface area contributed by atoms with Crippen LogP contribution >= 0.6 is 11.6 Å². The highest BCUT2D eigenvalue weighted by molar-refractivity contribution is 6.31. The normalized spacial score (nSPS) is 10.6. The van der Waals surface area contributed by atoms with E-state index in [4.69, 9.17) is 11.6 Å². The highest BCUT2D eigenvalue weighted by atomic mass is 35.5. The summed E-state index contributed by atoms with van der Waals surface area (Å²) in [5.41, 5.74) is 2.05. The maximum absolute atomic E-state index is 11.5. The van der Waals surface area contributed by atoms with Crippen molar-refractivity contribution in [3.8, 4) is 0 Å². The Hall–Kier alpha value is -0.820. The van der Waals surface area contributed by atoms with E-state index < -0.39 is 0 Å². The highest BCUT2D eigenvalue weighted by Crippen LogP contribution is 2.19. The lowest BCUT2D eigenvalue weighted by Gasteiger charge is -2.06. The quantitative estimate of drug-likeness (QED) is 0.747. The summed E-state index contributed by atoms with van der Waals surface area (Å²) in [5, 5.41) is 0.694. The maximum Gasteiger partial charge on any atom is 0.139 e. The predicted molar refractivity (Wildman–Crippen MR) is 59.7 cm³/mol. The molecule has 0 amide bonds. The van der Waals surface area contributed by atoms with Crippen molar-refractivity contribution >= 4 is 17.4 Å². The van der Waals surface area contributed by atoms with Crippen LogP contribution in [0.4, 0.5) is 0 Å². The molecule has 1 nitrogen and oxygen atoms in total. The molecule has 0 N–H and O–H groups in total. The van der Waals surface area contributed by atoms with Crippen LogP contribution in [-0.4, -0.2) is 5.78 Å². The van der Waals surface area contributed by atoms with E-state index in [9.17, 15) is 4.79 Å². The molecule has 0 saturated heterocycles. The second kappa shape index (κ2) is 4.61. The minimum absolute atomic E-state index is 0.0763. The molecule has 0 bridgehead atoms. The SMILES string of the molecule is Cc1ccc(CC(=O)C(C)C)c(Cl)c1. The van der Waals surface area contributed by atoms with Crippen molar-refractivity contribution in [3.05, 3.63) is 34.3 Å². The maximum atomic E-state index is 11.5. The molecule has 0 heterocycles. The van der Waals surface area contributed by atoms with Gasteiger partial charge in [0.1, 0.15) is 5.78 Å². The van der Waals surface area contributed by atoms with Gasteiger partial charge in [0, 0.05) is 17.4 Å². The van der Waals surface area contributed by atoms with Crippen molar-refractivity contribution in [1.29, 1.82) is 0 Å². The van der Waals surface area contributed by atoms with Crippen LogP contribution in [0.2, 0.25) is 5.02 Å². The van der Waals surface area contributed by atoms with E-state index in [0.717, 1.165) is 11.1 Å². The third-order valence-corrected chi connectivity index (χ3v) is 2.57. The number of rotatable bonds is 3. The molecule has 0 fully saturated rings. The standard InChI is InChI=1S/C12H15ClO/c1-8(2)12(14)7-10-5-4-9(3)6-11(10)13/h4-6,8H,7H2,1-3H3. The number of benzene rings is 1. The molecule has 0 unspecified atom stereocenters. The molecule has 1 aromatic carbocycles. The fourth-order valence-electron chi connectivity index (χ4n) is 1.19. The Balaban J connectivity index is 2.82. The minimum Gasteiger partial charge on any atom is -0.299 e. The van der Waals surface area contributed by atoms with Crippen molar-refractivity contribution in [1.82, 2.24) is 0 Å². The lowest BCUT2D eigenvalue weighted by atomic mass is 10.0. The molecule has 0 saturated carbocycles. The van der Waals surface area contributed by atoms with E-state index in [2.05, 4.69) is 0 Å². The van der Waals surface area contributed by atoms with Gasteiger partial charge in [-0.2, -0.15) is 0 Å². The summed E-state index contributed by atoms with van der Waals surface area (Å²) in [4.78, 5) is 11.5. The van der Waals surface area contributed by atoms with Gasteiger partial charge in [0.2, 0.25) is 0 Å². The monoisotopic (exact) mass is 210 g/mol. The molecule has 0 aliphatic rings. The van der Waals surface area contributed by atoms with Crippen LogP contribution in [0.15, 0.2) is 18.2 Å². The second-order valence-corrected chi connectivity index (χ2v) is 4.30. The van der Waals surface area contributed by atoms with Crippen LogP contribution in [0.3, 0.4) is 0 Å². The van der Waals surface area contributed by atoms with Gasteiger partial charge in [0.15, 0.2) is 0 Å². The lowest BCUT2D eigenvalue weighted by molar-refractivity contribution is -0.121. The summed E-state index contributed by atoms with van der Waals surface area (Å²) in [6.07, 6.45) is 0.441. The number of ketones is 1. The van der Waals surface area contributed by atoms with Crippen molar-refractivity contribution < 1.29 is 4.79 Å². The van der Waals surface area contributed by atoms with Gasteiger partial charge >= 0.3 is 0 Å². The molecule has 0 aliphatic carbocycles. The Morgan fingerprint density at radius 2 is 2.07 bits per heavy atom. The fourth-order valence-corrected chi connectivity index (χ4v) is 1.49. The lowest BCUT2D eigenvalue weighted by Crippen LogP contribution is -2.10. The molecule has 14 heavy (non-hydrogen) atoms. The molecule has 0 radical (unpaired) electrons. The average Bonchev–Trinajstić information content (AvgIpc) is 2.09. The van der Waals surface area contributed by atoms with Crippen LogP contribution in [-0.2, 0) is 11.2 Å². The summed E-state index contributed by atoms with van der Waals surface area (Å²) in [6.45, 7) is 5.80. The van der Waals surface area contributed by atoms with E-state index in [1.54, 1.807) is 0 Å². The zero-order valence-corrected chi connectivity index (χ0v) is 9.56. The number of halogens is 1. The number of hydrogen-bond donors (Lipinski definition) is 0. The first-order valence-electron chi connectivity index (χ1n) is 4.78. The number of carbonyl (C=O) groups excluding carboxylic acids is 1. The third-order valence-electron chi connectivity index (χ3n) is 2.22. The van der Waals surface area contributed by atoms with Gasteiger partial charge < -0.3 is 0 Å². The molecule has 2 heteroatoms. The van der Waals surface area contributed by atoms with E-state index in [0.29, 0.717) is 11.4 Å². The zero-order chi connectivity index (χ0) is 10.7. The first kappa shape index (κ1) is 11.3. The summed E-state index contributed by atoms with van der Waals surface area (Å²) in [5.74, 6) is 0.308.